The zero-order valence-corrected chi connectivity index (χ0v) is 19.1. The van der Waals surface area contributed by atoms with Gasteiger partial charge in [-0.25, -0.2) is 0 Å². The fourth-order valence-electron chi connectivity index (χ4n) is 4.14. The Labute approximate surface area is 179 Å². The van der Waals surface area contributed by atoms with Gasteiger partial charge in [0.2, 0.25) is 0 Å². The van der Waals surface area contributed by atoms with Gasteiger partial charge in [-0.05, 0) is 18.4 Å². The minimum absolute atomic E-state index is 0.970. The summed E-state index contributed by atoms with van der Waals surface area (Å²) in [5.74, 6) is 0. The van der Waals surface area contributed by atoms with Crippen LogP contribution in [-0.2, 0) is 0 Å². The van der Waals surface area contributed by atoms with Crippen LogP contribution in [0, 0.1) is 0 Å². The van der Waals surface area contributed by atoms with Crippen molar-refractivity contribution < 1.29 is 0 Å². The second-order valence-electron chi connectivity index (χ2n) is 8.48. The molecule has 0 saturated carbocycles. The predicted octanol–water partition coefficient (Wildman–Crippen LogP) is 7.67. The number of benzene rings is 1. The van der Waals surface area contributed by atoms with Gasteiger partial charge in [-0.3, -0.25) is 4.99 Å². The molecule has 0 radical (unpaired) electrons. The van der Waals surface area contributed by atoms with E-state index < -0.39 is 0 Å². The summed E-state index contributed by atoms with van der Waals surface area (Å²) in [4.78, 5) is 7.29. The van der Waals surface area contributed by atoms with Crippen molar-refractivity contribution in [2.24, 2.45) is 4.99 Å². The average Bonchev–Trinajstić information content (AvgIpc) is 2.74. The van der Waals surface area contributed by atoms with Crippen molar-refractivity contribution in [1.29, 1.82) is 0 Å². The van der Waals surface area contributed by atoms with Gasteiger partial charge >= 0.3 is 0 Å². The first-order valence-electron chi connectivity index (χ1n) is 11.9. The van der Waals surface area contributed by atoms with Gasteiger partial charge in [-0.2, -0.15) is 0 Å². The lowest BCUT2D eigenvalue weighted by atomic mass is 9.93. The molecule has 1 aliphatic carbocycles. The van der Waals surface area contributed by atoms with E-state index in [0.29, 0.717) is 0 Å². The second-order valence-corrected chi connectivity index (χ2v) is 8.48. The van der Waals surface area contributed by atoms with Crippen molar-refractivity contribution in [1.82, 2.24) is 4.90 Å². The third-order valence-electron chi connectivity index (χ3n) is 5.74. The van der Waals surface area contributed by atoms with Crippen molar-refractivity contribution in [2.75, 3.05) is 20.6 Å². The Morgan fingerprint density at radius 1 is 0.793 bits per heavy atom. The minimum Gasteiger partial charge on any atom is -0.377 e. The molecule has 0 fully saturated rings. The Kier molecular flexibility index (Phi) is 11.5. The number of hydrogen-bond acceptors (Lipinski definition) is 2. The van der Waals surface area contributed by atoms with Crippen LogP contribution in [-0.4, -0.2) is 31.3 Å². The van der Waals surface area contributed by atoms with E-state index in [4.69, 9.17) is 4.99 Å². The van der Waals surface area contributed by atoms with Crippen molar-refractivity contribution >= 4 is 11.4 Å². The maximum atomic E-state index is 5.04. The van der Waals surface area contributed by atoms with Gasteiger partial charge < -0.3 is 4.90 Å². The summed E-state index contributed by atoms with van der Waals surface area (Å²) in [6.45, 7) is 3.26. The van der Waals surface area contributed by atoms with Crippen LogP contribution in [0.1, 0.15) is 89.5 Å². The molecule has 0 saturated heterocycles. The molecule has 2 rings (SSSR count). The van der Waals surface area contributed by atoms with Gasteiger partial charge in [0.25, 0.3) is 0 Å². The largest absolute Gasteiger partial charge is 0.377 e. The van der Waals surface area contributed by atoms with Gasteiger partial charge in [0.1, 0.15) is 0 Å². The number of allylic oxidation sites excluding steroid dienone is 3. The summed E-state index contributed by atoms with van der Waals surface area (Å²) in [5.41, 5.74) is 5.29. The highest BCUT2D eigenvalue weighted by atomic mass is 15.1. The lowest BCUT2D eigenvalue weighted by molar-refractivity contribution is 0.558. The Morgan fingerprint density at radius 3 is 2.00 bits per heavy atom. The summed E-state index contributed by atoms with van der Waals surface area (Å²) in [5, 5.41) is 0. The van der Waals surface area contributed by atoms with Crippen LogP contribution >= 0.6 is 0 Å². The fourth-order valence-corrected chi connectivity index (χ4v) is 4.14. The van der Waals surface area contributed by atoms with Crippen molar-refractivity contribution in [2.45, 2.75) is 84.0 Å². The normalized spacial score (nSPS) is 17.0. The van der Waals surface area contributed by atoms with E-state index in [1.54, 1.807) is 0 Å². The molecule has 0 spiro atoms. The highest BCUT2D eigenvalue weighted by molar-refractivity contribution is 6.07. The van der Waals surface area contributed by atoms with Crippen LogP contribution in [0.4, 0.5) is 0 Å². The molecule has 29 heavy (non-hydrogen) atoms. The standard InChI is InChI=1S/C27H42N2/c1-4-5-6-7-8-9-10-11-12-18-23-28-26-22-17-16-21-25(26)27(29(2)3)24-19-14-13-15-20-24/h13-17,19-20H,4-12,18,21-23H2,1-3H3. The third-order valence-corrected chi connectivity index (χ3v) is 5.74. The zero-order valence-electron chi connectivity index (χ0n) is 19.1. The first-order valence-corrected chi connectivity index (χ1v) is 11.9. The molecule has 2 nitrogen and oxygen atoms in total. The monoisotopic (exact) mass is 394 g/mol. The molecule has 160 valence electrons. The molecular formula is C27H42N2. The molecule has 0 aromatic heterocycles. The highest BCUT2D eigenvalue weighted by Gasteiger charge is 2.17. The van der Waals surface area contributed by atoms with Gasteiger partial charge in [-0.1, -0.05) is 107 Å². The van der Waals surface area contributed by atoms with Crippen LogP contribution < -0.4 is 0 Å². The minimum atomic E-state index is 0.970. The summed E-state index contributed by atoms with van der Waals surface area (Å²) in [7, 11) is 4.29. The first kappa shape index (κ1) is 23.4. The van der Waals surface area contributed by atoms with E-state index in [-0.39, 0.29) is 0 Å². The van der Waals surface area contributed by atoms with E-state index in [2.05, 4.69) is 68.4 Å². The summed E-state index contributed by atoms with van der Waals surface area (Å²) in [6, 6.07) is 10.8. The molecule has 0 amide bonds. The second kappa shape index (κ2) is 14.2. The molecule has 1 aliphatic rings. The molecule has 0 atom stereocenters. The van der Waals surface area contributed by atoms with Crippen molar-refractivity contribution in [3.8, 4) is 0 Å². The SMILES string of the molecule is CCCCCCCCCCCCN=C1CC=CCC1=C(c1ccccc1)N(C)C. The molecule has 0 unspecified atom stereocenters. The van der Waals surface area contributed by atoms with E-state index in [0.717, 1.165) is 19.4 Å². The lowest BCUT2D eigenvalue weighted by Gasteiger charge is -2.24. The molecule has 0 aliphatic heterocycles. The maximum absolute atomic E-state index is 5.04. The van der Waals surface area contributed by atoms with Crippen LogP contribution in [0.2, 0.25) is 0 Å². The third kappa shape index (κ3) is 8.60. The summed E-state index contributed by atoms with van der Waals surface area (Å²) in [6.07, 6.45) is 20.3. The molecule has 2 heteroatoms. The molecular weight excluding hydrogens is 352 g/mol. The highest BCUT2D eigenvalue weighted by Crippen LogP contribution is 2.28. The predicted molar refractivity (Wildman–Crippen MR) is 130 cm³/mol. The van der Waals surface area contributed by atoms with Crippen LogP contribution in [0.15, 0.2) is 53.0 Å². The first-order chi connectivity index (χ1) is 14.2. The van der Waals surface area contributed by atoms with Crippen LogP contribution in [0.5, 0.6) is 0 Å². The number of hydrogen-bond donors (Lipinski definition) is 0. The number of nitrogens with zero attached hydrogens (tertiary/aromatic N) is 2. The van der Waals surface area contributed by atoms with E-state index in [1.807, 2.05) is 0 Å². The van der Waals surface area contributed by atoms with E-state index in [9.17, 15) is 0 Å². The summed E-state index contributed by atoms with van der Waals surface area (Å²) < 4.78 is 0. The Hall–Kier alpha value is -1.83. The van der Waals surface area contributed by atoms with Crippen LogP contribution in [0.3, 0.4) is 0 Å². The number of aliphatic imine (C=N–C) groups is 1. The van der Waals surface area contributed by atoms with Gasteiger partial charge in [0.15, 0.2) is 0 Å². The molecule has 1 aromatic rings. The van der Waals surface area contributed by atoms with Gasteiger partial charge in [0, 0.05) is 44.0 Å². The Bertz CT molecular complexity index is 652. The van der Waals surface area contributed by atoms with Crippen molar-refractivity contribution in [3.63, 3.8) is 0 Å². The van der Waals surface area contributed by atoms with Gasteiger partial charge in [0.05, 0.1) is 0 Å². The smallest absolute Gasteiger partial charge is 0.0488 e. The van der Waals surface area contributed by atoms with Gasteiger partial charge in [-0.15, -0.1) is 0 Å². The maximum Gasteiger partial charge on any atom is 0.0488 e. The fraction of sp³-hybridized carbons (Fsp3) is 0.593. The van der Waals surface area contributed by atoms with Crippen LogP contribution in [0.25, 0.3) is 5.70 Å². The molecule has 0 N–H and O–H groups in total. The quantitative estimate of drug-likeness (QED) is 0.247. The average molecular weight is 395 g/mol. The number of rotatable bonds is 13. The van der Waals surface area contributed by atoms with E-state index in [1.165, 1.54) is 86.8 Å². The molecule has 0 heterocycles. The Morgan fingerprint density at radius 2 is 1.38 bits per heavy atom. The lowest BCUT2D eigenvalue weighted by Crippen LogP contribution is -2.18. The van der Waals surface area contributed by atoms with E-state index >= 15 is 0 Å². The Balaban J connectivity index is 1.83. The van der Waals surface area contributed by atoms with Crippen molar-refractivity contribution in [3.05, 3.63) is 53.6 Å². The number of unbranched alkanes of at least 4 members (excludes halogenated alkanes) is 9. The molecule has 0 bridgehead atoms. The summed E-state index contributed by atoms with van der Waals surface area (Å²) >= 11 is 0. The topological polar surface area (TPSA) is 15.6 Å². The molecule has 1 aromatic carbocycles. The zero-order chi connectivity index (χ0) is 20.7.